The summed E-state index contributed by atoms with van der Waals surface area (Å²) in [5.74, 6) is -0.209. The summed E-state index contributed by atoms with van der Waals surface area (Å²) < 4.78 is 14.0. The predicted molar refractivity (Wildman–Crippen MR) is 71.9 cm³/mol. The van der Waals surface area contributed by atoms with Crippen LogP contribution in [0.1, 0.15) is 5.56 Å². The van der Waals surface area contributed by atoms with E-state index >= 15 is 0 Å². The van der Waals surface area contributed by atoms with Gasteiger partial charge in [0.25, 0.3) is 0 Å². The van der Waals surface area contributed by atoms with Crippen molar-refractivity contribution in [1.82, 2.24) is 4.98 Å². The summed E-state index contributed by atoms with van der Waals surface area (Å²) in [7, 11) is 0. The summed E-state index contributed by atoms with van der Waals surface area (Å²) in [6, 6.07) is 14.8. The fraction of sp³-hybridized carbons (Fsp3) is 0.0625. The number of halogens is 1. The number of hydrogen-bond donors (Lipinski definition) is 0. The molecule has 0 saturated carbocycles. The smallest absolute Gasteiger partial charge is 0.131 e. The SMILES string of the molecule is Cc1ccc(F)c(-c2cccc3cccnc23)c1. The van der Waals surface area contributed by atoms with E-state index in [0.717, 1.165) is 22.0 Å². The van der Waals surface area contributed by atoms with E-state index in [0.29, 0.717) is 5.56 Å². The van der Waals surface area contributed by atoms with Crippen molar-refractivity contribution in [2.75, 3.05) is 0 Å². The largest absolute Gasteiger partial charge is 0.256 e. The Morgan fingerprint density at radius 1 is 0.944 bits per heavy atom. The number of nitrogens with zero attached hydrogens (tertiary/aromatic N) is 1. The molecule has 2 aromatic carbocycles. The highest BCUT2D eigenvalue weighted by atomic mass is 19.1. The Morgan fingerprint density at radius 3 is 2.67 bits per heavy atom. The lowest BCUT2D eigenvalue weighted by atomic mass is 10.00. The molecule has 0 fully saturated rings. The van der Waals surface area contributed by atoms with Gasteiger partial charge in [-0.05, 0) is 25.1 Å². The zero-order valence-electron chi connectivity index (χ0n) is 10.0. The molecule has 0 saturated heterocycles. The highest BCUT2D eigenvalue weighted by Gasteiger charge is 2.09. The molecule has 1 nitrogen and oxygen atoms in total. The Hall–Kier alpha value is -2.22. The van der Waals surface area contributed by atoms with Gasteiger partial charge in [-0.1, -0.05) is 35.9 Å². The van der Waals surface area contributed by atoms with Crippen LogP contribution in [0.15, 0.2) is 54.7 Å². The van der Waals surface area contributed by atoms with Gasteiger partial charge in [-0.2, -0.15) is 0 Å². The van der Waals surface area contributed by atoms with Crippen LogP contribution in [0, 0.1) is 12.7 Å². The van der Waals surface area contributed by atoms with Crippen LogP contribution >= 0.6 is 0 Å². The molecule has 3 rings (SSSR count). The minimum Gasteiger partial charge on any atom is -0.256 e. The summed E-state index contributed by atoms with van der Waals surface area (Å²) in [4.78, 5) is 4.36. The molecule has 0 atom stereocenters. The third kappa shape index (κ3) is 1.76. The van der Waals surface area contributed by atoms with Crippen molar-refractivity contribution >= 4 is 10.9 Å². The Morgan fingerprint density at radius 2 is 1.78 bits per heavy atom. The van der Waals surface area contributed by atoms with Gasteiger partial charge in [-0.3, -0.25) is 4.98 Å². The number of rotatable bonds is 1. The van der Waals surface area contributed by atoms with E-state index in [-0.39, 0.29) is 5.82 Å². The van der Waals surface area contributed by atoms with E-state index in [1.807, 2.05) is 43.3 Å². The first-order valence-corrected chi connectivity index (χ1v) is 5.86. The topological polar surface area (TPSA) is 12.9 Å². The van der Waals surface area contributed by atoms with Crippen molar-refractivity contribution in [3.63, 3.8) is 0 Å². The van der Waals surface area contributed by atoms with Crippen molar-refractivity contribution in [2.24, 2.45) is 0 Å². The van der Waals surface area contributed by atoms with Crippen LogP contribution in [-0.2, 0) is 0 Å². The molecule has 88 valence electrons. The quantitative estimate of drug-likeness (QED) is 0.613. The lowest BCUT2D eigenvalue weighted by Gasteiger charge is -2.07. The number of aromatic nitrogens is 1. The van der Waals surface area contributed by atoms with Crippen LogP contribution in [-0.4, -0.2) is 4.98 Å². The van der Waals surface area contributed by atoms with Crippen LogP contribution in [0.5, 0.6) is 0 Å². The summed E-state index contributed by atoms with van der Waals surface area (Å²) in [6.07, 6.45) is 1.74. The molecule has 3 aromatic rings. The molecule has 2 heteroatoms. The molecule has 1 heterocycles. The third-order valence-electron chi connectivity index (χ3n) is 3.04. The second kappa shape index (κ2) is 4.22. The van der Waals surface area contributed by atoms with Gasteiger partial charge in [0.2, 0.25) is 0 Å². The first-order chi connectivity index (χ1) is 8.75. The van der Waals surface area contributed by atoms with E-state index < -0.39 is 0 Å². The first kappa shape index (κ1) is 10.9. The fourth-order valence-corrected chi connectivity index (χ4v) is 2.17. The molecule has 0 aliphatic carbocycles. The Kier molecular flexibility index (Phi) is 2.56. The minimum absolute atomic E-state index is 0.209. The number of pyridine rings is 1. The van der Waals surface area contributed by atoms with Crippen molar-refractivity contribution < 1.29 is 4.39 Å². The van der Waals surface area contributed by atoms with Crippen LogP contribution in [0.4, 0.5) is 4.39 Å². The summed E-state index contributed by atoms with van der Waals surface area (Å²) in [5, 5.41) is 1.02. The van der Waals surface area contributed by atoms with E-state index in [1.54, 1.807) is 12.3 Å². The van der Waals surface area contributed by atoms with E-state index in [2.05, 4.69) is 4.98 Å². The molecular weight excluding hydrogens is 225 g/mol. The molecule has 0 amide bonds. The summed E-state index contributed by atoms with van der Waals surface area (Å²) >= 11 is 0. The van der Waals surface area contributed by atoms with Gasteiger partial charge in [0.15, 0.2) is 0 Å². The highest BCUT2D eigenvalue weighted by molar-refractivity contribution is 5.93. The summed E-state index contributed by atoms with van der Waals surface area (Å²) in [5.41, 5.74) is 3.33. The van der Waals surface area contributed by atoms with Gasteiger partial charge in [0, 0.05) is 22.7 Å². The number of fused-ring (bicyclic) bond motifs is 1. The number of hydrogen-bond acceptors (Lipinski definition) is 1. The molecule has 18 heavy (non-hydrogen) atoms. The van der Waals surface area contributed by atoms with Gasteiger partial charge in [0.1, 0.15) is 5.82 Å². The molecule has 0 bridgehead atoms. The lowest BCUT2D eigenvalue weighted by molar-refractivity contribution is 0.631. The molecule has 0 N–H and O–H groups in total. The van der Waals surface area contributed by atoms with Crippen LogP contribution in [0.2, 0.25) is 0 Å². The van der Waals surface area contributed by atoms with Gasteiger partial charge in [0.05, 0.1) is 5.52 Å². The van der Waals surface area contributed by atoms with Crippen LogP contribution < -0.4 is 0 Å². The standard InChI is InChI=1S/C16H12FN/c1-11-7-8-15(17)14(10-11)13-6-2-4-12-5-3-9-18-16(12)13/h2-10H,1H3. The van der Waals surface area contributed by atoms with Crippen molar-refractivity contribution in [1.29, 1.82) is 0 Å². The molecule has 0 aliphatic rings. The van der Waals surface area contributed by atoms with E-state index in [4.69, 9.17) is 0 Å². The maximum absolute atomic E-state index is 14.0. The zero-order chi connectivity index (χ0) is 12.5. The van der Waals surface area contributed by atoms with Crippen molar-refractivity contribution in [2.45, 2.75) is 6.92 Å². The van der Waals surface area contributed by atoms with Gasteiger partial charge in [-0.15, -0.1) is 0 Å². The van der Waals surface area contributed by atoms with E-state index in [1.165, 1.54) is 6.07 Å². The molecule has 1 aromatic heterocycles. The molecule has 0 aliphatic heterocycles. The molecular formula is C16H12FN. The van der Waals surface area contributed by atoms with Crippen molar-refractivity contribution in [3.8, 4) is 11.1 Å². The number of aryl methyl sites for hydroxylation is 1. The molecule has 0 unspecified atom stereocenters. The van der Waals surface area contributed by atoms with Crippen molar-refractivity contribution in [3.05, 3.63) is 66.1 Å². The molecule has 0 radical (unpaired) electrons. The fourth-order valence-electron chi connectivity index (χ4n) is 2.17. The first-order valence-electron chi connectivity index (χ1n) is 5.86. The van der Waals surface area contributed by atoms with E-state index in [9.17, 15) is 4.39 Å². The second-order valence-electron chi connectivity index (χ2n) is 4.36. The Labute approximate surface area is 105 Å². The number of para-hydroxylation sites is 1. The predicted octanol–water partition coefficient (Wildman–Crippen LogP) is 4.35. The Balaban J connectivity index is 2.35. The maximum atomic E-state index is 14.0. The van der Waals surface area contributed by atoms with Gasteiger partial charge in [-0.25, -0.2) is 4.39 Å². The highest BCUT2D eigenvalue weighted by Crippen LogP contribution is 2.29. The minimum atomic E-state index is -0.209. The normalized spacial score (nSPS) is 10.8. The monoisotopic (exact) mass is 237 g/mol. The third-order valence-corrected chi connectivity index (χ3v) is 3.04. The van der Waals surface area contributed by atoms with Crippen LogP contribution in [0.25, 0.3) is 22.0 Å². The lowest BCUT2D eigenvalue weighted by Crippen LogP contribution is -1.89. The molecule has 0 spiro atoms. The average Bonchev–Trinajstić information content (AvgIpc) is 2.41. The zero-order valence-corrected chi connectivity index (χ0v) is 10.0. The summed E-state index contributed by atoms with van der Waals surface area (Å²) in [6.45, 7) is 1.96. The Bertz CT molecular complexity index is 714. The number of benzene rings is 2. The van der Waals surface area contributed by atoms with Gasteiger partial charge < -0.3 is 0 Å². The maximum Gasteiger partial charge on any atom is 0.131 e. The van der Waals surface area contributed by atoms with Crippen LogP contribution in [0.3, 0.4) is 0 Å². The average molecular weight is 237 g/mol. The second-order valence-corrected chi connectivity index (χ2v) is 4.36. The van der Waals surface area contributed by atoms with Gasteiger partial charge >= 0.3 is 0 Å².